The molecule has 5 heteroatoms. The Morgan fingerprint density at radius 2 is 2.05 bits per heavy atom. The van der Waals surface area contributed by atoms with Gasteiger partial charge in [-0.2, -0.15) is 0 Å². The Balaban J connectivity index is 2.67. The largest absolute Gasteiger partial charge is 0.496 e. The number of ether oxygens (including phenoxy) is 3. The highest BCUT2D eigenvalue weighted by Crippen LogP contribution is 2.40. The Labute approximate surface area is 110 Å². The quantitative estimate of drug-likeness (QED) is 0.770. The molecule has 4 nitrogen and oxygen atoms in total. The van der Waals surface area contributed by atoms with Crippen LogP contribution in [-0.4, -0.2) is 18.9 Å². The van der Waals surface area contributed by atoms with Crippen molar-refractivity contribution in [2.45, 2.75) is 26.6 Å². The lowest BCUT2D eigenvalue weighted by Gasteiger charge is -2.33. The molecular formula is C14H15FO4. The number of carbonyl (C=O) groups is 1. The molecule has 0 saturated heterocycles. The lowest BCUT2D eigenvalue weighted by Crippen LogP contribution is -2.39. The standard InChI is InChI=1S/C14H15FO4/c1-8(15)7-9-5-6-10(17-4)11-12(9)18-14(2,3)19-13(11)16/h5-7H,1-4H3/b8-7-. The van der Waals surface area contributed by atoms with Crippen molar-refractivity contribution in [3.8, 4) is 11.5 Å². The maximum absolute atomic E-state index is 13.1. The van der Waals surface area contributed by atoms with Gasteiger partial charge < -0.3 is 14.2 Å². The van der Waals surface area contributed by atoms with E-state index in [1.165, 1.54) is 20.1 Å². The van der Waals surface area contributed by atoms with Crippen molar-refractivity contribution in [1.29, 1.82) is 0 Å². The molecule has 2 rings (SSSR count). The van der Waals surface area contributed by atoms with Crippen molar-refractivity contribution in [3.05, 3.63) is 29.1 Å². The van der Waals surface area contributed by atoms with E-state index in [1.54, 1.807) is 26.0 Å². The van der Waals surface area contributed by atoms with Gasteiger partial charge in [0, 0.05) is 19.4 Å². The highest BCUT2D eigenvalue weighted by Gasteiger charge is 2.37. The number of fused-ring (bicyclic) bond motifs is 1. The van der Waals surface area contributed by atoms with Gasteiger partial charge >= 0.3 is 5.97 Å². The normalized spacial score (nSPS) is 17.3. The Bertz CT molecular complexity index is 557. The molecule has 0 radical (unpaired) electrons. The number of hydrogen-bond donors (Lipinski definition) is 0. The van der Waals surface area contributed by atoms with Crippen LogP contribution in [0.3, 0.4) is 0 Å². The Morgan fingerprint density at radius 3 is 2.63 bits per heavy atom. The van der Waals surface area contributed by atoms with E-state index in [0.717, 1.165) is 0 Å². The predicted octanol–water partition coefficient (Wildman–Crippen LogP) is 3.31. The van der Waals surface area contributed by atoms with Gasteiger partial charge in [-0.25, -0.2) is 9.18 Å². The third-order valence-corrected chi connectivity index (χ3v) is 2.61. The average Bonchev–Trinajstić information content (AvgIpc) is 2.28. The molecule has 0 amide bonds. The molecule has 0 saturated carbocycles. The zero-order chi connectivity index (χ0) is 14.2. The molecule has 0 fully saturated rings. The van der Waals surface area contributed by atoms with E-state index < -0.39 is 11.8 Å². The third-order valence-electron chi connectivity index (χ3n) is 2.61. The molecule has 1 aromatic carbocycles. The molecule has 0 spiro atoms. The number of methoxy groups -OCH3 is 1. The van der Waals surface area contributed by atoms with E-state index in [1.807, 2.05) is 0 Å². The first-order valence-electron chi connectivity index (χ1n) is 5.81. The van der Waals surface area contributed by atoms with Crippen LogP contribution in [0, 0.1) is 0 Å². The molecule has 1 heterocycles. The van der Waals surface area contributed by atoms with Crippen molar-refractivity contribution >= 4 is 12.0 Å². The fourth-order valence-corrected chi connectivity index (χ4v) is 1.92. The monoisotopic (exact) mass is 266 g/mol. The van der Waals surface area contributed by atoms with Crippen LogP contribution in [0.15, 0.2) is 18.0 Å². The van der Waals surface area contributed by atoms with Crippen LogP contribution < -0.4 is 9.47 Å². The number of esters is 1. The first kappa shape index (κ1) is 13.4. The number of hydrogen-bond acceptors (Lipinski definition) is 4. The van der Waals surface area contributed by atoms with E-state index in [-0.39, 0.29) is 17.1 Å². The number of cyclic esters (lactones) is 1. The molecule has 1 aliphatic heterocycles. The summed E-state index contributed by atoms with van der Waals surface area (Å²) in [6.07, 6.45) is 1.30. The summed E-state index contributed by atoms with van der Waals surface area (Å²) in [5.41, 5.74) is 0.650. The van der Waals surface area contributed by atoms with Crippen molar-refractivity contribution in [2.24, 2.45) is 0 Å². The minimum absolute atomic E-state index is 0.178. The van der Waals surface area contributed by atoms with Crippen LogP contribution in [0.5, 0.6) is 11.5 Å². The van der Waals surface area contributed by atoms with Crippen molar-refractivity contribution < 1.29 is 23.4 Å². The van der Waals surface area contributed by atoms with Crippen LogP contribution in [-0.2, 0) is 4.74 Å². The van der Waals surface area contributed by atoms with E-state index in [0.29, 0.717) is 11.3 Å². The maximum atomic E-state index is 13.1. The topological polar surface area (TPSA) is 44.8 Å². The number of rotatable bonds is 2. The van der Waals surface area contributed by atoms with Gasteiger partial charge in [-0.3, -0.25) is 0 Å². The molecule has 0 atom stereocenters. The number of benzene rings is 1. The van der Waals surface area contributed by atoms with Crippen LogP contribution >= 0.6 is 0 Å². The summed E-state index contributed by atoms with van der Waals surface area (Å²) in [5.74, 6) is -1.41. The second kappa shape index (κ2) is 4.57. The SMILES string of the molecule is COc1ccc(/C=C(/C)F)c2c1C(=O)OC(C)(C)O2. The fourth-order valence-electron chi connectivity index (χ4n) is 1.92. The second-order valence-electron chi connectivity index (χ2n) is 4.68. The van der Waals surface area contributed by atoms with Crippen molar-refractivity contribution in [2.75, 3.05) is 7.11 Å². The smallest absolute Gasteiger partial charge is 0.349 e. The zero-order valence-corrected chi connectivity index (χ0v) is 11.2. The predicted molar refractivity (Wildman–Crippen MR) is 67.9 cm³/mol. The number of carbonyl (C=O) groups excluding carboxylic acids is 1. The molecule has 1 aromatic rings. The van der Waals surface area contributed by atoms with Gasteiger partial charge in [0.2, 0.25) is 5.79 Å². The van der Waals surface area contributed by atoms with Gasteiger partial charge in [-0.15, -0.1) is 0 Å². The van der Waals surface area contributed by atoms with Crippen molar-refractivity contribution in [1.82, 2.24) is 0 Å². The highest BCUT2D eigenvalue weighted by molar-refractivity contribution is 5.98. The average molecular weight is 266 g/mol. The van der Waals surface area contributed by atoms with E-state index in [4.69, 9.17) is 14.2 Å². The Morgan fingerprint density at radius 1 is 1.37 bits per heavy atom. The molecule has 19 heavy (non-hydrogen) atoms. The van der Waals surface area contributed by atoms with Gasteiger partial charge in [0.05, 0.1) is 12.9 Å². The zero-order valence-electron chi connectivity index (χ0n) is 11.2. The van der Waals surface area contributed by atoms with Crippen molar-refractivity contribution in [3.63, 3.8) is 0 Å². The maximum Gasteiger partial charge on any atom is 0.349 e. The minimum atomic E-state index is -1.09. The lowest BCUT2D eigenvalue weighted by molar-refractivity contribution is -0.127. The Hall–Kier alpha value is -2.04. The number of allylic oxidation sites excluding steroid dienone is 1. The van der Waals surface area contributed by atoms with E-state index in [2.05, 4.69) is 0 Å². The van der Waals surface area contributed by atoms with E-state index >= 15 is 0 Å². The highest BCUT2D eigenvalue weighted by atomic mass is 19.1. The second-order valence-corrected chi connectivity index (χ2v) is 4.68. The summed E-state index contributed by atoms with van der Waals surface area (Å²) >= 11 is 0. The summed E-state index contributed by atoms with van der Waals surface area (Å²) < 4.78 is 29.0. The third kappa shape index (κ3) is 2.54. The van der Waals surface area contributed by atoms with Crippen LogP contribution in [0.1, 0.15) is 36.7 Å². The molecule has 0 aromatic heterocycles. The first-order valence-corrected chi connectivity index (χ1v) is 5.81. The molecule has 0 bridgehead atoms. The van der Waals surface area contributed by atoms with Gasteiger partial charge in [0.1, 0.15) is 17.1 Å². The molecule has 0 aliphatic carbocycles. The fraction of sp³-hybridized carbons (Fsp3) is 0.357. The van der Waals surface area contributed by atoms with Gasteiger partial charge in [-0.1, -0.05) is 0 Å². The summed E-state index contributed by atoms with van der Waals surface area (Å²) in [6, 6.07) is 3.21. The molecule has 102 valence electrons. The minimum Gasteiger partial charge on any atom is -0.496 e. The number of halogens is 1. The van der Waals surface area contributed by atoms with E-state index in [9.17, 15) is 9.18 Å². The van der Waals surface area contributed by atoms with Gasteiger partial charge in [0.25, 0.3) is 0 Å². The van der Waals surface area contributed by atoms with Crippen LogP contribution in [0.25, 0.3) is 6.08 Å². The van der Waals surface area contributed by atoms with Crippen LogP contribution in [0.2, 0.25) is 0 Å². The summed E-state index contributed by atoms with van der Waals surface area (Å²) in [6.45, 7) is 4.55. The molecular weight excluding hydrogens is 251 g/mol. The summed E-state index contributed by atoms with van der Waals surface area (Å²) in [7, 11) is 1.44. The summed E-state index contributed by atoms with van der Waals surface area (Å²) in [5, 5.41) is 0. The lowest BCUT2D eigenvalue weighted by atomic mass is 10.0. The van der Waals surface area contributed by atoms with Gasteiger partial charge in [-0.05, 0) is 25.1 Å². The van der Waals surface area contributed by atoms with Crippen LogP contribution in [0.4, 0.5) is 4.39 Å². The molecule has 0 N–H and O–H groups in total. The summed E-state index contributed by atoms with van der Waals surface area (Å²) in [4.78, 5) is 12.0. The molecule has 0 unspecified atom stereocenters. The first-order chi connectivity index (χ1) is 8.84. The Kier molecular flexibility index (Phi) is 3.22. The molecule has 1 aliphatic rings. The van der Waals surface area contributed by atoms with Gasteiger partial charge in [0.15, 0.2) is 0 Å².